The van der Waals surface area contributed by atoms with Crippen LogP contribution in [0.3, 0.4) is 0 Å². The van der Waals surface area contributed by atoms with Crippen molar-refractivity contribution < 1.29 is 0 Å². The smallest absolute Gasteiger partial charge is 0.150 e. The maximum absolute atomic E-state index is 5.22. The molecule has 51 heavy (non-hydrogen) atoms. The molecule has 1 spiro atoms. The molecule has 2 saturated carbocycles. The fourth-order valence-electron chi connectivity index (χ4n) is 12.2. The summed E-state index contributed by atoms with van der Waals surface area (Å²) in [6.07, 6.45) is 45.1. The fraction of sp³-hybridized carbons (Fsp3) is 0.458. The van der Waals surface area contributed by atoms with Gasteiger partial charge in [-0.2, -0.15) is 0 Å². The third-order valence-electron chi connectivity index (χ3n) is 14.5. The lowest BCUT2D eigenvalue weighted by atomic mass is 9.59. The first kappa shape index (κ1) is 31.7. The van der Waals surface area contributed by atoms with E-state index in [0.717, 1.165) is 54.8 Å². The molecule has 0 bridgehead atoms. The summed E-state index contributed by atoms with van der Waals surface area (Å²) in [4.78, 5) is 10.4. The van der Waals surface area contributed by atoms with E-state index in [2.05, 4.69) is 122 Å². The van der Waals surface area contributed by atoms with Gasteiger partial charge in [-0.3, -0.25) is 0 Å². The first-order chi connectivity index (χ1) is 25.0. The second kappa shape index (κ2) is 12.3. The summed E-state index contributed by atoms with van der Waals surface area (Å²) in [6, 6.07) is 9.40. The quantitative estimate of drug-likeness (QED) is 0.318. The van der Waals surface area contributed by atoms with Crippen molar-refractivity contribution in [1.82, 2.24) is 5.32 Å². The van der Waals surface area contributed by atoms with Gasteiger partial charge in [0.05, 0.1) is 0 Å². The Bertz CT molecular complexity index is 1960. The van der Waals surface area contributed by atoms with Gasteiger partial charge in [0.25, 0.3) is 0 Å². The molecule has 1 aliphatic heterocycles. The highest BCUT2D eigenvalue weighted by Gasteiger charge is 2.60. The van der Waals surface area contributed by atoms with Crippen molar-refractivity contribution in [2.24, 2.45) is 50.4 Å². The van der Waals surface area contributed by atoms with E-state index in [1.54, 1.807) is 16.7 Å². The van der Waals surface area contributed by atoms with Gasteiger partial charge in [-0.15, -0.1) is 0 Å². The summed E-state index contributed by atoms with van der Waals surface area (Å²) >= 11 is 0. The standard InChI is InChI=1S/C48H53N3/c1-47(2)41-29-38-36-19-10-11-22-40(36)48(27-12-5-13-28-48)42(38)30-39(41)37-21-14-20-35(43(37)47)31-23-25-34(26-24-31)46-50-44(32-15-6-3-7-16-32)49-45(51-46)33-17-8-4-9-18-33/h3,6-8,10-11,14-15,17-18,21,23-26,29-30,32,35-36,38,40,42,44H,4-5,9,12-13,16,19-20,22,27-28H2,1-2H3,(H,49,50,51). The molecule has 0 radical (unpaired) electrons. The number of nitrogens with zero attached hydrogens (tertiary/aromatic N) is 2. The molecule has 10 rings (SSSR count). The van der Waals surface area contributed by atoms with Crippen molar-refractivity contribution in [3.8, 4) is 0 Å². The molecule has 7 unspecified atom stereocenters. The number of nitrogens with one attached hydrogen (secondary N) is 1. The topological polar surface area (TPSA) is 36.8 Å². The molecule has 3 nitrogen and oxygen atoms in total. The minimum atomic E-state index is -0.124. The van der Waals surface area contributed by atoms with Crippen LogP contribution in [0.5, 0.6) is 0 Å². The Morgan fingerprint density at radius 2 is 1.61 bits per heavy atom. The van der Waals surface area contributed by atoms with Gasteiger partial charge in [0.1, 0.15) is 11.7 Å². The number of amidine groups is 2. The minimum absolute atomic E-state index is 0.0271. The molecule has 3 heteroatoms. The van der Waals surface area contributed by atoms with E-state index in [9.17, 15) is 0 Å². The Morgan fingerprint density at radius 1 is 0.765 bits per heavy atom. The van der Waals surface area contributed by atoms with E-state index in [1.807, 2.05) is 0 Å². The second-order valence-corrected chi connectivity index (χ2v) is 17.4. The molecular formula is C48H53N3. The molecule has 0 saturated heterocycles. The van der Waals surface area contributed by atoms with Crippen LogP contribution < -0.4 is 5.32 Å². The largest absolute Gasteiger partial charge is 0.324 e. The number of hydrogen-bond acceptors (Lipinski definition) is 3. The molecule has 1 N–H and O–H groups in total. The zero-order valence-corrected chi connectivity index (χ0v) is 30.5. The molecule has 7 atom stereocenters. The van der Waals surface area contributed by atoms with Crippen molar-refractivity contribution >= 4 is 11.7 Å². The van der Waals surface area contributed by atoms with E-state index in [0.29, 0.717) is 23.2 Å². The first-order valence-electron chi connectivity index (χ1n) is 20.3. The molecule has 0 aromatic heterocycles. The van der Waals surface area contributed by atoms with Crippen molar-refractivity contribution in [2.75, 3.05) is 0 Å². The van der Waals surface area contributed by atoms with Crippen LogP contribution in [0.15, 0.2) is 141 Å². The average molecular weight is 672 g/mol. The maximum atomic E-state index is 5.22. The van der Waals surface area contributed by atoms with E-state index < -0.39 is 0 Å². The third-order valence-corrected chi connectivity index (χ3v) is 14.5. The van der Waals surface area contributed by atoms with Gasteiger partial charge < -0.3 is 5.32 Å². The van der Waals surface area contributed by atoms with Crippen LogP contribution >= 0.6 is 0 Å². The number of rotatable bonds is 4. The van der Waals surface area contributed by atoms with Gasteiger partial charge in [0, 0.05) is 28.4 Å². The highest BCUT2D eigenvalue weighted by atomic mass is 15.2. The van der Waals surface area contributed by atoms with Crippen LogP contribution in [-0.4, -0.2) is 17.8 Å². The Kier molecular flexibility index (Phi) is 7.66. The summed E-state index contributed by atoms with van der Waals surface area (Å²) in [7, 11) is 0. The number of fused-ring (bicyclic) bond motifs is 7. The van der Waals surface area contributed by atoms with E-state index in [4.69, 9.17) is 9.98 Å². The van der Waals surface area contributed by atoms with Crippen molar-refractivity contribution in [1.29, 1.82) is 0 Å². The average Bonchev–Trinajstić information content (AvgIpc) is 3.59. The van der Waals surface area contributed by atoms with Gasteiger partial charge in [0.15, 0.2) is 6.17 Å². The van der Waals surface area contributed by atoms with Crippen LogP contribution in [0.25, 0.3) is 0 Å². The number of benzene rings is 1. The lowest BCUT2D eigenvalue weighted by molar-refractivity contribution is 0.0787. The van der Waals surface area contributed by atoms with Crippen LogP contribution in [0, 0.1) is 40.4 Å². The van der Waals surface area contributed by atoms with Gasteiger partial charge in [-0.25, -0.2) is 9.98 Å². The van der Waals surface area contributed by atoms with Crippen LogP contribution in [0.2, 0.25) is 0 Å². The fourth-order valence-corrected chi connectivity index (χ4v) is 12.2. The molecule has 1 heterocycles. The maximum Gasteiger partial charge on any atom is 0.150 e. The molecule has 0 amide bonds. The van der Waals surface area contributed by atoms with Crippen LogP contribution in [0.1, 0.15) is 102 Å². The summed E-state index contributed by atoms with van der Waals surface area (Å²) in [5.41, 5.74) is 10.7. The Hall–Kier alpha value is -3.98. The van der Waals surface area contributed by atoms with Crippen molar-refractivity contribution in [3.63, 3.8) is 0 Å². The Morgan fingerprint density at radius 3 is 2.41 bits per heavy atom. The molecule has 2 fully saturated rings. The van der Waals surface area contributed by atoms with Gasteiger partial charge >= 0.3 is 0 Å². The molecule has 1 aromatic carbocycles. The Labute approximate surface area is 305 Å². The summed E-state index contributed by atoms with van der Waals surface area (Å²) < 4.78 is 0. The Balaban J connectivity index is 0.976. The molecule has 9 aliphatic rings. The van der Waals surface area contributed by atoms with Crippen LogP contribution in [-0.2, 0) is 0 Å². The van der Waals surface area contributed by atoms with Crippen LogP contribution in [0.4, 0.5) is 0 Å². The zero-order valence-electron chi connectivity index (χ0n) is 30.5. The van der Waals surface area contributed by atoms with Crippen molar-refractivity contribution in [2.45, 2.75) is 96.6 Å². The van der Waals surface area contributed by atoms with Gasteiger partial charge in [-0.05, 0) is 108 Å². The van der Waals surface area contributed by atoms with Crippen molar-refractivity contribution in [3.05, 3.63) is 142 Å². The number of aliphatic imine (C=N–C) groups is 2. The predicted octanol–water partition coefficient (Wildman–Crippen LogP) is 11.2. The number of allylic oxidation sites excluding steroid dienone is 15. The van der Waals surface area contributed by atoms with E-state index >= 15 is 0 Å². The lowest BCUT2D eigenvalue weighted by Crippen LogP contribution is -2.39. The van der Waals surface area contributed by atoms with E-state index in [-0.39, 0.29) is 17.5 Å². The lowest BCUT2D eigenvalue weighted by Gasteiger charge is -2.45. The van der Waals surface area contributed by atoms with Gasteiger partial charge in [0.2, 0.25) is 0 Å². The van der Waals surface area contributed by atoms with E-state index in [1.165, 1.54) is 61.7 Å². The normalized spacial score (nSPS) is 35.2. The third kappa shape index (κ3) is 5.04. The first-order valence-corrected chi connectivity index (χ1v) is 20.3. The number of hydrogen-bond donors (Lipinski definition) is 1. The molecule has 260 valence electrons. The van der Waals surface area contributed by atoms with Gasteiger partial charge in [-0.1, -0.05) is 136 Å². The second-order valence-electron chi connectivity index (χ2n) is 17.4. The highest BCUT2D eigenvalue weighted by molar-refractivity contribution is 6.16. The monoisotopic (exact) mass is 671 g/mol. The summed E-state index contributed by atoms with van der Waals surface area (Å²) in [5.74, 6) is 5.62. The summed E-state index contributed by atoms with van der Waals surface area (Å²) in [5, 5.41) is 3.65. The zero-order chi connectivity index (χ0) is 34.2. The summed E-state index contributed by atoms with van der Waals surface area (Å²) in [6.45, 7) is 5.06. The molecule has 8 aliphatic carbocycles. The highest BCUT2D eigenvalue weighted by Crippen LogP contribution is 2.69. The molecular weight excluding hydrogens is 619 g/mol. The minimum Gasteiger partial charge on any atom is -0.324 e. The predicted molar refractivity (Wildman–Crippen MR) is 212 cm³/mol. The molecule has 1 aromatic rings. The SMILES string of the molecule is CC1(C)C2=CC3C4CC=CCC4C4(CCCCC4)C3C=C2C2=C1C(c1ccc(C3=NC(C4C=CC=CC4)N=C(C4=CCCC=C4)N3)cc1)CC=C2.